The molecule has 0 aromatic heterocycles. The van der Waals surface area contributed by atoms with Crippen LogP contribution in [0.15, 0.2) is 60.7 Å². The Morgan fingerprint density at radius 3 is 2.54 bits per heavy atom. The van der Waals surface area contributed by atoms with Gasteiger partial charge in [0, 0.05) is 18.7 Å². The summed E-state index contributed by atoms with van der Waals surface area (Å²) in [5.74, 6) is 2.43. The third-order valence-corrected chi connectivity index (χ3v) is 5.17. The molecule has 0 radical (unpaired) electrons. The van der Waals surface area contributed by atoms with Gasteiger partial charge in [-0.2, -0.15) is 0 Å². The molecule has 0 bridgehead atoms. The summed E-state index contributed by atoms with van der Waals surface area (Å²) in [4.78, 5) is 0. The zero-order chi connectivity index (χ0) is 19.3. The van der Waals surface area contributed by atoms with Gasteiger partial charge < -0.3 is 19.5 Å². The second-order valence-corrected chi connectivity index (χ2v) is 7.25. The van der Waals surface area contributed by atoms with Gasteiger partial charge in [0.2, 0.25) is 6.79 Å². The van der Waals surface area contributed by atoms with Gasteiger partial charge in [0.25, 0.3) is 0 Å². The molecule has 1 aliphatic rings. The molecule has 1 N–H and O–H groups in total. The largest absolute Gasteiger partial charge is 0.489 e. The lowest BCUT2D eigenvalue weighted by Gasteiger charge is -2.13. The van der Waals surface area contributed by atoms with E-state index in [1.54, 1.807) is 6.07 Å². The summed E-state index contributed by atoms with van der Waals surface area (Å²) in [6.07, 6.45) is 0. The predicted molar refractivity (Wildman–Crippen MR) is 110 cm³/mol. The van der Waals surface area contributed by atoms with E-state index in [4.69, 9.17) is 37.4 Å². The van der Waals surface area contributed by atoms with E-state index in [0.29, 0.717) is 23.2 Å². The third-order valence-electron chi connectivity index (χ3n) is 4.43. The minimum absolute atomic E-state index is 0.287. The molecule has 1 aliphatic heterocycles. The van der Waals surface area contributed by atoms with Crippen molar-refractivity contribution in [3.05, 3.63) is 87.4 Å². The topological polar surface area (TPSA) is 39.7 Å². The first-order valence-corrected chi connectivity index (χ1v) is 9.68. The average molecular weight is 416 g/mol. The van der Waals surface area contributed by atoms with Gasteiger partial charge >= 0.3 is 0 Å². The average Bonchev–Trinajstić information content (AvgIpc) is 3.18. The lowest BCUT2D eigenvalue weighted by atomic mass is 10.1. The summed E-state index contributed by atoms with van der Waals surface area (Å²) in [6, 6.07) is 19.5. The maximum Gasteiger partial charge on any atom is 0.231 e. The number of fused-ring (bicyclic) bond motifs is 1. The molecule has 0 saturated heterocycles. The van der Waals surface area contributed by atoms with Crippen molar-refractivity contribution >= 4 is 23.2 Å². The fourth-order valence-electron chi connectivity index (χ4n) is 2.97. The Morgan fingerprint density at radius 1 is 0.821 bits per heavy atom. The van der Waals surface area contributed by atoms with Crippen molar-refractivity contribution < 1.29 is 14.2 Å². The van der Waals surface area contributed by atoms with Crippen LogP contribution in [0.5, 0.6) is 17.2 Å². The van der Waals surface area contributed by atoms with Crippen molar-refractivity contribution in [3.8, 4) is 17.2 Å². The van der Waals surface area contributed by atoms with E-state index < -0.39 is 0 Å². The second kappa shape index (κ2) is 8.74. The van der Waals surface area contributed by atoms with Crippen molar-refractivity contribution in [2.75, 3.05) is 6.79 Å². The van der Waals surface area contributed by atoms with Crippen molar-refractivity contribution in [1.29, 1.82) is 0 Å². The Balaban J connectivity index is 1.35. The molecule has 1 heterocycles. The zero-order valence-electron chi connectivity index (χ0n) is 15.1. The lowest BCUT2D eigenvalue weighted by molar-refractivity contribution is 0.174. The highest BCUT2D eigenvalue weighted by Gasteiger charge is 2.13. The number of nitrogens with one attached hydrogen (secondary N) is 1. The molecule has 0 spiro atoms. The molecule has 0 amide bonds. The first-order chi connectivity index (χ1) is 13.7. The summed E-state index contributed by atoms with van der Waals surface area (Å²) >= 11 is 12.0. The summed E-state index contributed by atoms with van der Waals surface area (Å²) in [6.45, 7) is 2.12. The molecule has 4 nitrogen and oxygen atoms in total. The highest BCUT2D eigenvalue weighted by atomic mass is 35.5. The molecule has 3 aromatic rings. The minimum Gasteiger partial charge on any atom is -0.489 e. The van der Waals surface area contributed by atoms with Crippen molar-refractivity contribution in [2.45, 2.75) is 19.7 Å². The number of benzene rings is 3. The first kappa shape index (κ1) is 18.9. The standard InChI is InChI=1S/C22H19Cl2NO3/c23-18-7-5-16(9-19(18)24)13-26-20-4-2-1-3-17(20)12-25-11-15-6-8-21-22(10-15)28-14-27-21/h1-10,25H,11-14H2. The molecule has 0 aliphatic carbocycles. The number of para-hydroxylation sites is 1. The van der Waals surface area contributed by atoms with Crippen LogP contribution in [0.4, 0.5) is 0 Å². The van der Waals surface area contributed by atoms with Gasteiger partial charge in [0.1, 0.15) is 12.4 Å². The smallest absolute Gasteiger partial charge is 0.231 e. The quantitative estimate of drug-likeness (QED) is 0.545. The van der Waals surface area contributed by atoms with Gasteiger partial charge in [-0.1, -0.05) is 53.5 Å². The molecule has 28 heavy (non-hydrogen) atoms. The monoisotopic (exact) mass is 415 g/mol. The zero-order valence-corrected chi connectivity index (χ0v) is 16.6. The maximum atomic E-state index is 6.07. The molecule has 6 heteroatoms. The second-order valence-electron chi connectivity index (χ2n) is 6.44. The minimum atomic E-state index is 0.287. The molecular weight excluding hydrogens is 397 g/mol. The molecule has 0 fully saturated rings. The van der Waals surface area contributed by atoms with Gasteiger partial charge in [-0.25, -0.2) is 0 Å². The Morgan fingerprint density at radius 2 is 1.64 bits per heavy atom. The molecule has 0 atom stereocenters. The van der Waals surface area contributed by atoms with Crippen LogP contribution in [0.1, 0.15) is 16.7 Å². The van der Waals surface area contributed by atoms with Crippen LogP contribution in [0, 0.1) is 0 Å². The van der Waals surface area contributed by atoms with Gasteiger partial charge in [0.15, 0.2) is 11.5 Å². The van der Waals surface area contributed by atoms with Gasteiger partial charge in [-0.15, -0.1) is 0 Å². The van der Waals surface area contributed by atoms with Crippen molar-refractivity contribution in [2.24, 2.45) is 0 Å². The molecule has 3 aromatic carbocycles. The molecule has 0 unspecified atom stereocenters. The van der Waals surface area contributed by atoms with E-state index in [-0.39, 0.29) is 6.79 Å². The van der Waals surface area contributed by atoms with E-state index >= 15 is 0 Å². The molecular formula is C22H19Cl2NO3. The Bertz CT molecular complexity index is 978. The van der Waals surface area contributed by atoms with Crippen LogP contribution in [0.2, 0.25) is 10.0 Å². The summed E-state index contributed by atoms with van der Waals surface area (Å²) in [5, 5.41) is 4.52. The molecule has 0 saturated carbocycles. The molecule has 144 valence electrons. The predicted octanol–water partition coefficient (Wildman–Crippen LogP) is 5.59. The molecule has 4 rings (SSSR count). The van der Waals surface area contributed by atoms with E-state index in [0.717, 1.165) is 40.5 Å². The van der Waals surface area contributed by atoms with Crippen molar-refractivity contribution in [3.63, 3.8) is 0 Å². The van der Waals surface area contributed by atoms with Crippen LogP contribution < -0.4 is 19.5 Å². The van der Waals surface area contributed by atoms with E-state index in [1.807, 2.05) is 48.5 Å². The summed E-state index contributed by atoms with van der Waals surface area (Å²) in [5.41, 5.74) is 3.19. The van der Waals surface area contributed by atoms with Crippen LogP contribution in [0.25, 0.3) is 0 Å². The van der Waals surface area contributed by atoms with E-state index in [9.17, 15) is 0 Å². The van der Waals surface area contributed by atoms with Crippen LogP contribution >= 0.6 is 23.2 Å². The van der Waals surface area contributed by atoms with E-state index in [1.165, 1.54) is 0 Å². The first-order valence-electron chi connectivity index (χ1n) is 8.93. The SMILES string of the molecule is Clc1ccc(COc2ccccc2CNCc2ccc3c(c2)OCO3)cc1Cl. The van der Waals surface area contributed by atoms with E-state index in [2.05, 4.69) is 11.4 Å². The van der Waals surface area contributed by atoms with Crippen molar-refractivity contribution in [1.82, 2.24) is 5.32 Å². The lowest BCUT2D eigenvalue weighted by Crippen LogP contribution is -2.13. The summed E-state index contributed by atoms with van der Waals surface area (Å²) < 4.78 is 16.8. The Labute approximate surface area is 173 Å². The van der Waals surface area contributed by atoms with Gasteiger partial charge in [-0.3, -0.25) is 0 Å². The fourth-order valence-corrected chi connectivity index (χ4v) is 3.29. The number of hydrogen-bond acceptors (Lipinski definition) is 4. The Hall–Kier alpha value is -2.40. The number of ether oxygens (including phenoxy) is 3. The third kappa shape index (κ3) is 4.53. The van der Waals surface area contributed by atoms with Crippen LogP contribution in [-0.2, 0) is 19.7 Å². The fraction of sp³-hybridized carbons (Fsp3) is 0.182. The van der Waals surface area contributed by atoms with Gasteiger partial charge in [0.05, 0.1) is 10.0 Å². The normalized spacial score (nSPS) is 12.2. The Kier molecular flexibility index (Phi) is 5.91. The van der Waals surface area contributed by atoms with Crippen LogP contribution in [0.3, 0.4) is 0 Å². The van der Waals surface area contributed by atoms with Crippen LogP contribution in [-0.4, -0.2) is 6.79 Å². The highest BCUT2D eigenvalue weighted by Crippen LogP contribution is 2.32. The number of halogens is 2. The summed E-state index contributed by atoms with van der Waals surface area (Å²) in [7, 11) is 0. The number of rotatable bonds is 7. The number of hydrogen-bond donors (Lipinski definition) is 1. The van der Waals surface area contributed by atoms with Gasteiger partial charge in [-0.05, 0) is 41.5 Å². The highest BCUT2D eigenvalue weighted by molar-refractivity contribution is 6.42. The maximum absolute atomic E-state index is 6.07.